The number of anilines is 1. The molecule has 3 nitrogen and oxygen atoms in total. The summed E-state index contributed by atoms with van der Waals surface area (Å²) >= 11 is 4.93. The van der Waals surface area contributed by atoms with E-state index in [0.29, 0.717) is 5.82 Å². The van der Waals surface area contributed by atoms with Gasteiger partial charge in [-0.3, -0.25) is 4.79 Å². The fourth-order valence-corrected chi connectivity index (χ4v) is 2.55. The van der Waals surface area contributed by atoms with Crippen molar-refractivity contribution < 1.29 is 0 Å². The Balaban J connectivity index is 2.56. The number of nitrogens with two attached hydrogens (primary N) is 1. The van der Waals surface area contributed by atoms with Crippen molar-refractivity contribution in [1.82, 2.24) is 4.98 Å². The maximum atomic E-state index is 11.1. The molecule has 0 radical (unpaired) electrons. The van der Waals surface area contributed by atoms with Gasteiger partial charge in [0, 0.05) is 16.5 Å². The van der Waals surface area contributed by atoms with Crippen molar-refractivity contribution in [2.24, 2.45) is 0 Å². The minimum absolute atomic E-state index is 0.176. The molecule has 0 saturated heterocycles. The van der Waals surface area contributed by atoms with Crippen molar-refractivity contribution in [3.63, 3.8) is 0 Å². The van der Waals surface area contributed by atoms with E-state index in [1.54, 1.807) is 17.4 Å². The fraction of sp³-hybridized carbons (Fsp3) is 0. The predicted octanol–water partition coefficient (Wildman–Crippen LogP) is 2.45. The molecule has 2 rings (SSSR count). The molecule has 0 fully saturated rings. The standard InChI is InChI=1S/C9H7BrN2OS/c10-7-2-1-6(14-7)5-3-8(11)12-9(13)4-5/h1-4H,(H3,11,12,13). The first kappa shape index (κ1) is 9.48. The average Bonchev–Trinajstić information content (AvgIpc) is 2.50. The van der Waals surface area contributed by atoms with E-state index in [0.717, 1.165) is 14.2 Å². The molecule has 14 heavy (non-hydrogen) atoms. The van der Waals surface area contributed by atoms with Gasteiger partial charge in [0.05, 0.1) is 3.79 Å². The van der Waals surface area contributed by atoms with E-state index in [-0.39, 0.29) is 5.56 Å². The molecular weight excluding hydrogens is 264 g/mol. The Kier molecular flexibility index (Phi) is 2.43. The van der Waals surface area contributed by atoms with Gasteiger partial charge in [-0.25, -0.2) is 0 Å². The molecule has 0 unspecified atom stereocenters. The van der Waals surface area contributed by atoms with Gasteiger partial charge in [-0.15, -0.1) is 11.3 Å². The Bertz CT molecular complexity index is 518. The Labute approximate surface area is 92.7 Å². The highest BCUT2D eigenvalue weighted by atomic mass is 79.9. The lowest BCUT2D eigenvalue weighted by Crippen LogP contribution is -2.06. The molecule has 0 aliphatic carbocycles. The minimum atomic E-state index is -0.176. The van der Waals surface area contributed by atoms with Crippen molar-refractivity contribution >= 4 is 33.1 Å². The zero-order chi connectivity index (χ0) is 10.1. The number of aromatic amines is 1. The van der Waals surface area contributed by atoms with Crippen LogP contribution in [0.1, 0.15) is 0 Å². The largest absolute Gasteiger partial charge is 0.385 e. The molecule has 0 bridgehead atoms. The highest BCUT2D eigenvalue weighted by Crippen LogP contribution is 2.30. The summed E-state index contributed by atoms with van der Waals surface area (Å²) in [5, 5.41) is 0. The molecule has 2 aromatic rings. The van der Waals surface area contributed by atoms with Crippen LogP contribution in [-0.4, -0.2) is 4.98 Å². The van der Waals surface area contributed by atoms with Crippen LogP contribution in [0.2, 0.25) is 0 Å². The normalized spacial score (nSPS) is 10.4. The zero-order valence-corrected chi connectivity index (χ0v) is 9.48. The number of aromatic nitrogens is 1. The summed E-state index contributed by atoms with van der Waals surface area (Å²) in [6, 6.07) is 7.18. The van der Waals surface area contributed by atoms with Crippen LogP contribution in [0.25, 0.3) is 10.4 Å². The first-order valence-electron chi connectivity index (χ1n) is 3.91. The molecule has 3 N–H and O–H groups in total. The number of H-pyrrole nitrogens is 1. The number of rotatable bonds is 1. The monoisotopic (exact) mass is 270 g/mol. The van der Waals surface area contributed by atoms with E-state index in [1.165, 1.54) is 6.07 Å². The van der Waals surface area contributed by atoms with Crippen LogP contribution in [0.4, 0.5) is 5.82 Å². The van der Waals surface area contributed by atoms with Crippen LogP contribution in [0.3, 0.4) is 0 Å². The first-order chi connectivity index (χ1) is 6.65. The van der Waals surface area contributed by atoms with Crippen molar-refractivity contribution in [2.45, 2.75) is 0 Å². The molecule has 0 aliphatic rings. The van der Waals surface area contributed by atoms with Crippen molar-refractivity contribution in [3.8, 4) is 10.4 Å². The lowest BCUT2D eigenvalue weighted by molar-refractivity contribution is 1.25. The van der Waals surface area contributed by atoms with E-state index >= 15 is 0 Å². The van der Waals surface area contributed by atoms with E-state index in [2.05, 4.69) is 20.9 Å². The molecular formula is C9H7BrN2OS. The van der Waals surface area contributed by atoms with Gasteiger partial charge in [0.2, 0.25) is 5.56 Å². The minimum Gasteiger partial charge on any atom is -0.385 e. The number of pyridine rings is 1. The number of nitrogens with one attached hydrogen (secondary N) is 1. The second-order valence-electron chi connectivity index (χ2n) is 2.79. The third-order valence-electron chi connectivity index (χ3n) is 1.72. The van der Waals surface area contributed by atoms with Gasteiger partial charge in [-0.05, 0) is 34.1 Å². The quantitative estimate of drug-likeness (QED) is 0.837. The predicted molar refractivity (Wildman–Crippen MR) is 62.5 cm³/mol. The van der Waals surface area contributed by atoms with Gasteiger partial charge in [-0.2, -0.15) is 0 Å². The van der Waals surface area contributed by atoms with Gasteiger partial charge in [-0.1, -0.05) is 0 Å². The second-order valence-corrected chi connectivity index (χ2v) is 5.26. The van der Waals surface area contributed by atoms with Crippen molar-refractivity contribution in [3.05, 3.63) is 38.4 Å². The Morgan fingerprint density at radius 3 is 2.71 bits per heavy atom. The average molecular weight is 271 g/mol. The summed E-state index contributed by atoms with van der Waals surface area (Å²) in [5.41, 5.74) is 6.21. The van der Waals surface area contributed by atoms with E-state index in [4.69, 9.17) is 5.73 Å². The highest BCUT2D eigenvalue weighted by Gasteiger charge is 2.02. The molecule has 2 heterocycles. The van der Waals surface area contributed by atoms with Gasteiger partial charge < -0.3 is 10.7 Å². The van der Waals surface area contributed by atoms with E-state index in [9.17, 15) is 4.79 Å². The molecule has 0 atom stereocenters. The molecule has 5 heteroatoms. The first-order valence-corrected chi connectivity index (χ1v) is 5.51. The highest BCUT2D eigenvalue weighted by molar-refractivity contribution is 9.11. The molecule has 0 amide bonds. The summed E-state index contributed by atoms with van der Waals surface area (Å²) in [6.45, 7) is 0. The van der Waals surface area contributed by atoms with Gasteiger partial charge >= 0.3 is 0 Å². The van der Waals surface area contributed by atoms with Gasteiger partial charge in [0.1, 0.15) is 5.82 Å². The van der Waals surface area contributed by atoms with Crippen LogP contribution in [0.5, 0.6) is 0 Å². The number of nitrogen functional groups attached to an aromatic ring is 1. The zero-order valence-electron chi connectivity index (χ0n) is 7.08. The van der Waals surface area contributed by atoms with Gasteiger partial charge in [0.25, 0.3) is 0 Å². The molecule has 0 saturated carbocycles. The molecule has 72 valence electrons. The number of hydrogen-bond acceptors (Lipinski definition) is 3. The lowest BCUT2D eigenvalue weighted by atomic mass is 10.2. The molecule has 0 aliphatic heterocycles. The maximum absolute atomic E-state index is 11.1. The van der Waals surface area contributed by atoms with Crippen molar-refractivity contribution in [1.29, 1.82) is 0 Å². The Hall–Kier alpha value is -1.07. The number of halogens is 1. The van der Waals surface area contributed by atoms with Crippen LogP contribution in [0, 0.1) is 0 Å². The summed E-state index contributed by atoms with van der Waals surface area (Å²) in [5.74, 6) is 0.386. The summed E-state index contributed by atoms with van der Waals surface area (Å²) in [4.78, 5) is 14.7. The summed E-state index contributed by atoms with van der Waals surface area (Å²) in [7, 11) is 0. The van der Waals surface area contributed by atoms with Crippen LogP contribution in [0.15, 0.2) is 32.8 Å². The Morgan fingerprint density at radius 2 is 2.14 bits per heavy atom. The van der Waals surface area contributed by atoms with Crippen molar-refractivity contribution in [2.75, 3.05) is 5.73 Å². The molecule has 0 aromatic carbocycles. The SMILES string of the molecule is Nc1cc(-c2ccc(Br)s2)cc(=O)[nH]1. The van der Waals surface area contributed by atoms with Gasteiger partial charge in [0.15, 0.2) is 0 Å². The van der Waals surface area contributed by atoms with Crippen LogP contribution in [-0.2, 0) is 0 Å². The topological polar surface area (TPSA) is 58.9 Å². The molecule has 0 spiro atoms. The molecule has 2 aromatic heterocycles. The van der Waals surface area contributed by atoms with E-state index < -0.39 is 0 Å². The summed E-state index contributed by atoms with van der Waals surface area (Å²) < 4.78 is 1.03. The third kappa shape index (κ3) is 1.88. The fourth-order valence-electron chi connectivity index (χ4n) is 1.18. The maximum Gasteiger partial charge on any atom is 0.250 e. The van der Waals surface area contributed by atoms with E-state index in [1.807, 2.05) is 12.1 Å². The Morgan fingerprint density at radius 1 is 1.36 bits per heavy atom. The number of hydrogen-bond donors (Lipinski definition) is 2. The number of thiophene rings is 1. The smallest absolute Gasteiger partial charge is 0.250 e. The summed E-state index contributed by atoms with van der Waals surface area (Å²) in [6.07, 6.45) is 0. The lowest BCUT2D eigenvalue weighted by Gasteiger charge is -1.97. The second kappa shape index (κ2) is 3.59. The third-order valence-corrected chi connectivity index (χ3v) is 3.40. The van der Waals surface area contributed by atoms with Crippen LogP contribution < -0.4 is 11.3 Å². The van der Waals surface area contributed by atoms with Crippen LogP contribution >= 0.6 is 27.3 Å².